The highest BCUT2D eigenvalue weighted by atomic mass is 16.6. The topological polar surface area (TPSA) is 103 Å². The molecule has 0 aliphatic heterocycles. The number of aromatic carboxylic acids is 1. The summed E-state index contributed by atoms with van der Waals surface area (Å²) in [6.07, 6.45) is 2.38. The van der Waals surface area contributed by atoms with Crippen molar-refractivity contribution in [1.29, 1.82) is 0 Å². The van der Waals surface area contributed by atoms with E-state index in [-0.39, 0.29) is 22.7 Å². The largest absolute Gasteiger partial charge is 0.478 e. The average molecular weight is 274 g/mol. The summed E-state index contributed by atoms with van der Waals surface area (Å²) >= 11 is 0. The van der Waals surface area contributed by atoms with Crippen LogP contribution >= 0.6 is 0 Å². The third-order valence-corrected chi connectivity index (χ3v) is 2.61. The van der Waals surface area contributed by atoms with Crippen molar-refractivity contribution in [3.8, 4) is 11.5 Å². The van der Waals surface area contributed by atoms with Crippen LogP contribution < -0.4 is 4.74 Å². The van der Waals surface area contributed by atoms with Gasteiger partial charge in [0.1, 0.15) is 17.5 Å². The lowest BCUT2D eigenvalue weighted by Gasteiger charge is -2.11. The third kappa shape index (κ3) is 2.56. The molecule has 0 spiro atoms. The molecule has 1 heterocycles. The molecule has 0 atom stereocenters. The molecule has 0 saturated carbocycles. The van der Waals surface area contributed by atoms with E-state index >= 15 is 0 Å². The molecule has 20 heavy (non-hydrogen) atoms. The monoisotopic (exact) mass is 274 g/mol. The van der Waals surface area contributed by atoms with Crippen LogP contribution in [0.1, 0.15) is 15.9 Å². The molecule has 0 aliphatic carbocycles. The minimum Gasteiger partial charge on any atom is -0.478 e. The Bertz CT molecular complexity index is 684. The van der Waals surface area contributed by atoms with E-state index in [9.17, 15) is 14.9 Å². The SMILES string of the molecule is Cc1cccc(C(=O)O)c1Oc1ccncc1[N+](=O)[O-]. The summed E-state index contributed by atoms with van der Waals surface area (Å²) in [6.45, 7) is 1.66. The Morgan fingerprint density at radius 3 is 2.80 bits per heavy atom. The lowest BCUT2D eigenvalue weighted by molar-refractivity contribution is -0.386. The van der Waals surface area contributed by atoms with E-state index in [2.05, 4.69) is 4.98 Å². The number of para-hydroxylation sites is 1. The number of carboxylic acids is 1. The van der Waals surface area contributed by atoms with E-state index in [1.807, 2.05) is 0 Å². The summed E-state index contributed by atoms with van der Waals surface area (Å²) in [5, 5.41) is 20.0. The van der Waals surface area contributed by atoms with Gasteiger partial charge in [0.15, 0.2) is 0 Å². The smallest absolute Gasteiger partial charge is 0.339 e. The number of rotatable bonds is 4. The molecule has 1 aromatic carbocycles. The number of ether oxygens (including phenoxy) is 1. The van der Waals surface area contributed by atoms with Crippen LogP contribution in [0.2, 0.25) is 0 Å². The Kier molecular flexibility index (Phi) is 3.60. The summed E-state index contributed by atoms with van der Waals surface area (Å²) in [6, 6.07) is 5.93. The first-order valence-corrected chi connectivity index (χ1v) is 5.60. The third-order valence-electron chi connectivity index (χ3n) is 2.61. The molecule has 102 valence electrons. The quantitative estimate of drug-likeness (QED) is 0.679. The number of nitro groups is 1. The van der Waals surface area contributed by atoms with Crippen LogP contribution in [0, 0.1) is 17.0 Å². The first kappa shape index (κ1) is 13.5. The molecule has 7 heteroatoms. The lowest BCUT2D eigenvalue weighted by Crippen LogP contribution is -2.02. The Balaban J connectivity index is 2.51. The van der Waals surface area contributed by atoms with Crippen LogP contribution in [-0.2, 0) is 0 Å². The van der Waals surface area contributed by atoms with Gasteiger partial charge in [-0.25, -0.2) is 4.79 Å². The van der Waals surface area contributed by atoms with Crippen LogP contribution in [0.25, 0.3) is 0 Å². The molecule has 0 unspecified atom stereocenters. The minimum atomic E-state index is -1.17. The van der Waals surface area contributed by atoms with Gasteiger partial charge in [-0.2, -0.15) is 0 Å². The summed E-state index contributed by atoms with van der Waals surface area (Å²) in [5.41, 5.74) is 0.180. The predicted octanol–water partition coefficient (Wildman–Crippen LogP) is 2.79. The Morgan fingerprint density at radius 1 is 1.40 bits per heavy atom. The standard InChI is InChI=1S/C13H10N2O5/c1-8-3-2-4-9(13(16)17)12(8)20-11-5-6-14-7-10(11)15(18)19/h2-7H,1H3,(H,16,17). The first-order chi connectivity index (χ1) is 9.50. The van der Waals surface area contributed by atoms with Crippen molar-refractivity contribution < 1.29 is 19.6 Å². The molecule has 2 aromatic rings. The lowest BCUT2D eigenvalue weighted by atomic mass is 10.1. The van der Waals surface area contributed by atoms with Crippen molar-refractivity contribution >= 4 is 11.7 Å². The second-order valence-corrected chi connectivity index (χ2v) is 3.96. The van der Waals surface area contributed by atoms with Gasteiger partial charge in [0.25, 0.3) is 0 Å². The number of benzene rings is 1. The fourth-order valence-electron chi connectivity index (χ4n) is 1.66. The van der Waals surface area contributed by atoms with Crippen molar-refractivity contribution in [1.82, 2.24) is 4.98 Å². The van der Waals surface area contributed by atoms with Gasteiger partial charge in [0.05, 0.1) is 4.92 Å². The van der Waals surface area contributed by atoms with Crippen molar-refractivity contribution in [2.45, 2.75) is 6.92 Å². The van der Waals surface area contributed by atoms with Gasteiger partial charge in [-0.15, -0.1) is 0 Å². The van der Waals surface area contributed by atoms with Gasteiger partial charge in [-0.1, -0.05) is 12.1 Å². The number of pyridine rings is 1. The first-order valence-electron chi connectivity index (χ1n) is 5.60. The van der Waals surface area contributed by atoms with E-state index in [1.54, 1.807) is 19.1 Å². The highest BCUT2D eigenvalue weighted by Gasteiger charge is 2.20. The summed E-state index contributed by atoms with van der Waals surface area (Å²) < 4.78 is 5.43. The number of carboxylic acid groups (broad SMARTS) is 1. The number of nitrogens with zero attached hydrogens (tertiary/aromatic N) is 2. The molecule has 0 bridgehead atoms. The summed E-state index contributed by atoms with van der Waals surface area (Å²) in [4.78, 5) is 25.1. The maximum atomic E-state index is 11.2. The van der Waals surface area contributed by atoms with Crippen molar-refractivity contribution in [3.63, 3.8) is 0 Å². The molecule has 0 amide bonds. The van der Waals surface area contributed by atoms with Crippen LogP contribution in [-0.4, -0.2) is 21.0 Å². The fourth-order valence-corrected chi connectivity index (χ4v) is 1.66. The molecular weight excluding hydrogens is 264 g/mol. The van der Waals surface area contributed by atoms with Crippen molar-refractivity contribution in [2.24, 2.45) is 0 Å². The fraction of sp³-hybridized carbons (Fsp3) is 0.0769. The molecule has 1 aromatic heterocycles. The number of hydrogen-bond acceptors (Lipinski definition) is 5. The second kappa shape index (κ2) is 5.35. The second-order valence-electron chi connectivity index (χ2n) is 3.96. The van der Waals surface area contributed by atoms with Crippen LogP contribution in [0.5, 0.6) is 11.5 Å². The normalized spacial score (nSPS) is 10.1. The number of carbonyl (C=O) groups is 1. The zero-order chi connectivity index (χ0) is 14.7. The van der Waals surface area contributed by atoms with E-state index in [0.717, 1.165) is 6.20 Å². The van der Waals surface area contributed by atoms with E-state index in [1.165, 1.54) is 18.3 Å². The van der Waals surface area contributed by atoms with Gasteiger partial charge in [-0.3, -0.25) is 15.1 Å². The molecule has 0 radical (unpaired) electrons. The molecular formula is C13H10N2O5. The Labute approximate surface area is 113 Å². The zero-order valence-electron chi connectivity index (χ0n) is 10.4. The maximum absolute atomic E-state index is 11.2. The maximum Gasteiger partial charge on any atom is 0.339 e. The highest BCUT2D eigenvalue weighted by Crippen LogP contribution is 2.33. The molecule has 2 rings (SSSR count). The van der Waals surface area contributed by atoms with Crippen molar-refractivity contribution in [3.05, 3.63) is 57.9 Å². The molecule has 7 nitrogen and oxygen atoms in total. The van der Waals surface area contributed by atoms with Crippen LogP contribution in [0.4, 0.5) is 5.69 Å². The number of aryl methyl sites for hydroxylation is 1. The van der Waals surface area contributed by atoms with E-state index < -0.39 is 10.9 Å². The zero-order valence-corrected chi connectivity index (χ0v) is 10.4. The van der Waals surface area contributed by atoms with Crippen LogP contribution in [0.15, 0.2) is 36.7 Å². The minimum absolute atomic E-state index is 0.0539. The van der Waals surface area contributed by atoms with Crippen LogP contribution in [0.3, 0.4) is 0 Å². The summed E-state index contributed by atoms with van der Waals surface area (Å²) in [5.74, 6) is -1.14. The predicted molar refractivity (Wildman–Crippen MR) is 69.1 cm³/mol. The molecule has 0 saturated heterocycles. The average Bonchev–Trinajstić information content (AvgIpc) is 2.41. The number of aromatic nitrogens is 1. The van der Waals surface area contributed by atoms with Gasteiger partial charge in [-0.05, 0) is 18.6 Å². The van der Waals surface area contributed by atoms with E-state index in [0.29, 0.717) is 5.56 Å². The van der Waals surface area contributed by atoms with Gasteiger partial charge in [0.2, 0.25) is 5.75 Å². The highest BCUT2D eigenvalue weighted by molar-refractivity contribution is 5.91. The van der Waals surface area contributed by atoms with Gasteiger partial charge >= 0.3 is 11.7 Å². The Hall–Kier alpha value is -2.96. The molecule has 0 fully saturated rings. The Morgan fingerprint density at radius 2 is 2.15 bits per heavy atom. The van der Waals surface area contributed by atoms with Gasteiger partial charge in [0, 0.05) is 12.3 Å². The molecule has 0 aliphatic rings. The summed E-state index contributed by atoms with van der Waals surface area (Å²) in [7, 11) is 0. The molecule has 1 N–H and O–H groups in total. The van der Waals surface area contributed by atoms with Crippen molar-refractivity contribution in [2.75, 3.05) is 0 Å². The van der Waals surface area contributed by atoms with E-state index in [4.69, 9.17) is 9.84 Å². The van der Waals surface area contributed by atoms with Gasteiger partial charge < -0.3 is 9.84 Å². The number of hydrogen-bond donors (Lipinski definition) is 1.